The predicted molar refractivity (Wildman–Crippen MR) is 68.1 cm³/mol. The van der Waals surface area contributed by atoms with Gasteiger partial charge in [-0.2, -0.15) is 4.98 Å². The van der Waals surface area contributed by atoms with Gasteiger partial charge in [-0.25, -0.2) is 0 Å². The van der Waals surface area contributed by atoms with Crippen LogP contribution in [0.4, 0.5) is 0 Å². The summed E-state index contributed by atoms with van der Waals surface area (Å²) in [6.45, 7) is 9.12. The van der Waals surface area contributed by atoms with Crippen molar-refractivity contribution in [1.82, 2.24) is 15.0 Å². The number of nitrogens with zero attached hydrogens (tertiary/aromatic N) is 3. The Kier molecular flexibility index (Phi) is 4.02. The molecule has 0 aliphatic carbocycles. The van der Waals surface area contributed by atoms with Gasteiger partial charge in [-0.15, -0.1) is 0 Å². The van der Waals surface area contributed by atoms with Crippen LogP contribution in [-0.4, -0.2) is 39.8 Å². The molecular formula is C13H23N3O2. The van der Waals surface area contributed by atoms with Gasteiger partial charge in [0.15, 0.2) is 5.82 Å². The van der Waals surface area contributed by atoms with Crippen molar-refractivity contribution in [2.75, 3.05) is 19.7 Å². The van der Waals surface area contributed by atoms with E-state index in [1.165, 1.54) is 0 Å². The number of aromatic nitrogens is 2. The first-order chi connectivity index (χ1) is 8.52. The van der Waals surface area contributed by atoms with Crippen LogP contribution in [-0.2, 0) is 6.54 Å². The SMILES string of the molecule is CC(C)c1nc(CN2CCCC(C)(CO)C2)no1. The summed E-state index contributed by atoms with van der Waals surface area (Å²) in [6, 6.07) is 0. The summed E-state index contributed by atoms with van der Waals surface area (Å²) in [7, 11) is 0. The summed E-state index contributed by atoms with van der Waals surface area (Å²) in [6.07, 6.45) is 2.20. The average Bonchev–Trinajstić information content (AvgIpc) is 2.78. The molecule has 102 valence electrons. The number of rotatable bonds is 4. The second kappa shape index (κ2) is 5.36. The van der Waals surface area contributed by atoms with Crippen molar-refractivity contribution in [1.29, 1.82) is 0 Å². The van der Waals surface area contributed by atoms with Crippen molar-refractivity contribution in [3.8, 4) is 0 Å². The lowest BCUT2D eigenvalue weighted by atomic mass is 9.83. The molecule has 1 atom stereocenters. The third-order valence-corrected chi connectivity index (χ3v) is 3.58. The van der Waals surface area contributed by atoms with Crippen LogP contribution < -0.4 is 0 Å². The molecule has 0 amide bonds. The zero-order valence-electron chi connectivity index (χ0n) is 11.5. The second-order valence-electron chi connectivity index (χ2n) is 5.99. The summed E-state index contributed by atoms with van der Waals surface area (Å²) in [5.74, 6) is 1.73. The summed E-state index contributed by atoms with van der Waals surface area (Å²) in [5, 5.41) is 13.4. The van der Waals surface area contributed by atoms with Crippen molar-refractivity contribution in [2.45, 2.75) is 46.1 Å². The van der Waals surface area contributed by atoms with Gasteiger partial charge in [0.1, 0.15) is 0 Å². The molecule has 0 saturated carbocycles. The number of aliphatic hydroxyl groups excluding tert-OH is 1. The Morgan fingerprint density at radius 2 is 2.28 bits per heavy atom. The van der Waals surface area contributed by atoms with Gasteiger partial charge in [0.25, 0.3) is 0 Å². The molecule has 0 spiro atoms. The van der Waals surface area contributed by atoms with E-state index in [-0.39, 0.29) is 17.9 Å². The molecule has 1 aromatic rings. The topological polar surface area (TPSA) is 62.4 Å². The van der Waals surface area contributed by atoms with E-state index in [1.54, 1.807) is 0 Å². The first kappa shape index (κ1) is 13.5. The van der Waals surface area contributed by atoms with E-state index in [1.807, 2.05) is 13.8 Å². The molecule has 2 rings (SSSR count). The first-order valence-corrected chi connectivity index (χ1v) is 6.68. The zero-order chi connectivity index (χ0) is 13.2. The maximum Gasteiger partial charge on any atom is 0.229 e. The van der Waals surface area contributed by atoms with Crippen molar-refractivity contribution < 1.29 is 9.63 Å². The summed E-state index contributed by atoms with van der Waals surface area (Å²) < 4.78 is 5.21. The zero-order valence-corrected chi connectivity index (χ0v) is 11.5. The highest BCUT2D eigenvalue weighted by Crippen LogP contribution is 2.29. The third-order valence-electron chi connectivity index (χ3n) is 3.58. The van der Waals surface area contributed by atoms with Crippen molar-refractivity contribution >= 4 is 0 Å². The molecular weight excluding hydrogens is 230 g/mol. The van der Waals surface area contributed by atoms with Crippen LogP contribution in [0.25, 0.3) is 0 Å². The minimum atomic E-state index is 0.0167. The Morgan fingerprint density at radius 1 is 1.50 bits per heavy atom. The van der Waals surface area contributed by atoms with Gasteiger partial charge in [0.2, 0.25) is 5.89 Å². The molecule has 1 fully saturated rings. The van der Waals surface area contributed by atoms with Gasteiger partial charge in [-0.3, -0.25) is 4.90 Å². The minimum Gasteiger partial charge on any atom is -0.396 e. The fourth-order valence-corrected chi connectivity index (χ4v) is 2.46. The van der Waals surface area contributed by atoms with E-state index in [2.05, 4.69) is 22.0 Å². The quantitative estimate of drug-likeness (QED) is 0.886. The van der Waals surface area contributed by atoms with E-state index in [0.717, 1.165) is 31.8 Å². The number of piperidine rings is 1. The molecule has 1 aliphatic rings. The molecule has 1 aliphatic heterocycles. The van der Waals surface area contributed by atoms with Crippen molar-refractivity contribution in [3.05, 3.63) is 11.7 Å². The summed E-state index contributed by atoms with van der Waals surface area (Å²) >= 11 is 0. The highest BCUT2D eigenvalue weighted by Gasteiger charge is 2.30. The molecule has 18 heavy (non-hydrogen) atoms. The Labute approximate surface area is 108 Å². The van der Waals surface area contributed by atoms with Crippen LogP contribution in [0.15, 0.2) is 4.52 Å². The monoisotopic (exact) mass is 253 g/mol. The largest absolute Gasteiger partial charge is 0.396 e. The van der Waals surface area contributed by atoms with Gasteiger partial charge in [-0.05, 0) is 19.4 Å². The molecule has 0 radical (unpaired) electrons. The smallest absolute Gasteiger partial charge is 0.229 e. The second-order valence-corrected chi connectivity index (χ2v) is 5.99. The number of hydrogen-bond donors (Lipinski definition) is 1. The number of aliphatic hydroxyl groups is 1. The van der Waals surface area contributed by atoms with E-state index >= 15 is 0 Å². The van der Waals surface area contributed by atoms with Gasteiger partial charge in [0, 0.05) is 24.5 Å². The Morgan fingerprint density at radius 3 is 2.89 bits per heavy atom. The molecule has 1 unspecified atom stereocenters. The van der Waals surface area contributed by atoms with E-state index in [9.17, 15) is 5.11 Å². The van der Waals surface area contributed by atoms with Crippen LogP contribution in [0.5, 0.6) is 0 Å². The molecule has 5 nitrogen and oxygen atoms in total. The molecule has 1 aromatic heterocycles. The highest BCUT2D eigenvalue weighted by molar-refractivity contribution is 4.92. The maximum atomic E-state index is 9.43. The van der Waals surface area contributed by atoms with Crippen LogP contribution in [0.2, 0.25) is 0 Å². The lowest BCUT2D eigenvalue weighted by Crippen LogP contribution is -2.43. The lowest BCUT2D eigenvalue weighted by Gasteiger charge is -2.38. The Balaban J connectivity index is 1.96. The first-order valence-electron chi connectivity index (χ1n) is 6.68. The average molecular weight is 253 g/mol. The fourth-order valence-electron chi connectivity index (χ4n) is 2.46. The summed E-state index contributed by atoms with van der Waals surface area (Å²) in [4.78, 5) is 6.70. The van der Waals surface area contributed by atoms with Gasteiger partial charge in [-0.1, -0.05) is 25.9 Å². The predicted octanol–water partition coefficient (Wildman–Crippen LogP) is 1.79. The van der Waals surface area contributed by atoms with Crippen LogP contribution in [0, 0.1) is 5.41 Å². The minimum absolute atomic E-state index is 0.0167. The van der Waals surface area contributed by atoms with Crippen LogP contribution in [0.1, 0.15) is 51.2 Å². The van der Waals surface area contributed by atoms with Gasteiger partial charge < -0.3 is 9.63 Å². The van der Waals surface area contributed by atoms with Crippen LogP contribution >= 0.6 is 0 Å². The molecule has 2 heterocycles. The third kappa shape index (κ3) is 3.09. The van der Waals surface area contributed by atoms with Crippen molar-refractivity contribution in [2.24, 2.45) is 5.41 Å². The van der Waals surface area contributed by atoms with Gasteiger partial charge >= 0.3 is 0 Å². The van der Waals surface area contributed by atoms with E-state index in [4.69, 9.17) is 4.52 Å². The van der Waals surface area contributed by atoms with E-state index in [0.29, 0.717) is 12.4 Å². The molecule has 1 N–H and O–H groups in total. The highest BCUT2D eigenvalue weighted by atomic mass is 16.5. The lowest BCUT2D eigenvalue weighted by molar-refractivity contribution is 0.0414. The molecule has 0 bridgehead atoms. The van der Waals surface area contributed by atoms with Crippen LogP contribution in [0.3, 0.4) is 0 Å². The van der Waals surface area contributed by atoms with Crippen molar-refractivity contribution in [3.63, 3.8) is 0 Å². The number of likely N-dealkylation sites (tertiary alicyclic amines) is 1. The van der Waals surface area contributed by atoms with Gasteiger partial charge in [0.05, 0.1) is 6.54 Å². The normalized spacial score (nSPS) is 25.8. The molecule has 0 aromatic carbocycles. The Bertz CT molecular complexity index is 391. The molecule has 5 heteroatoms. The summed E-state index contributed by atoms with van der Waals surface area (Å²) in [5.41, 5.74) is 0.0167. The fraction of sp³-hybridized carbons (Fsp3) is 0.846. The molecule has 1 saturated heterocycles. The Hall–Kier alpha value is -0.940. The standard InChI is InChI=1S/C13H23N3O2/c1-10(2)12-14-11(15-18-12)7-16-6-4-5-13(3,8-16)9-17/h10,17H,4-9H2,1-3H3. The number of hydrogen-bond acceptors (Lipinski definition) is 5. The maximum absolute atomic E-state index is 9.43. The van der Waals surface area contributed by atoms with E-state index < -0.39 is 0 Å².